The summed E-state index contributed by atoms with van der Waals surface area (Å²) in [4.78, 5) is 4.40. The summed E-state index contributed by atoms with van der Waals surface area (Å²) in [7, 11) is 0. The van der Waals surface area contributed by atoms with E-state index < -0.39 is 6.10 Å². The molecule has 0 radical (unpaired) electrons. The van der Waals surface area contributed by atoms with E-state index in [1.165, 1.54) is 0 Å². The fraction of sp³-hybridized carbons (Fsp3) is 0.650. The molecule has 0 bridgehead atoms. The highest BCUT2D eigenvalue weighted by Gasteiger charge is 2.06. The molecule has 156 valence electrons. The molecule has 0 saturated carbocycles. The highest BCUT2D eigenvalue weighted by molar-refractivity contribution is 14.0. The van der Waals surface area contributed by atoms with Crippen molar-refractivity contribution in [2.45, 2.75) is 40.2 Å². The summed E-state index contributed by atoms with van der Waals surface area (Å²) >= 11 is 0. The van der Waals surface area contributed by atoms with E-state index >= 15 is 0 Å². The van der Waals surface area contributed by atoms with Crippen LogP contribution in [0, 0.1) is 12.8 Å². The molecule has 0 heterocycles. The lowest BCUT2D eigenvalue weighted by molar-refractivity contribution is 0.114. The Morgan fingerprint density at radius 3 is 2.67 bits per heavy atom. The average molecular weight is 493 g/mol. The van der Waals surface area contributed by atoms with Gasteiger partial charge in [0.05, 0.1) is 13.2 Å². The fourth-order valence-corrected chi connectivity index (χ4v) is 2.15. The van der Waals surface area contributed by atoms with Gasteiger partial charge >= 0.3 is 0 Å². The quantitative estimate of drug-likeness (QED) is 0.181. The minimum Gasteiger partial charge on any atom is -0.491 e. The van der Waals surface area contributed by atoms with Crippen LogP contribution in [0.3, 0.4) is 0 Å². The smallest absolute Gasteiger partial charge is 0.191 e. The van der Waals surface area contributed by atoms with Gasteiger partial charge in [0.1, 0.15) is 18.5 Å². The fourth-order valence-electron chi connectivity index (χ4n) is 2.15. The SMILES string of the molecule is CCNC(=NCC(O)COc1cccc(C)c1)NCCOCCC(C)C.I. The number of hydrogen-bond donors (Lipinski definition) is 3. The molecule has 0 aliphatic heterocycles. The van der Waals surface area contributed by atoms with Crippen LogP contribution in [0.1, 0.15) is 32.8 Å². The second-order valence-corrected chi connectivity index (χ2v) is 6.72. The van der Waals surface area contributed by atoms with Crippen LogP contribution in [0.25, 0.3) is 0 Å². The molecule has 0 aliphatic carbocycles. The summed E-state index contributed by atoms with van der Waals surface area (Å²) in [5.74, 6) is 2.09. The van der Waals surface area contributed by atoms with Crippen LogP contribution in [0.4, 0.5) is 0 Å². The zero-order chi connectivity index (χ0) is 19.2. The maximum atomic E-state index is 10.1. The van der Waals surface area contributed by atoms with Gasteiger partial charge in [-0.25, -0.2) is 0 Å². The average Bonchev–Trinajstić information content (AvgIpc) is 2.60. The van der Waals surface area contributed by atoms with Crippen LogP contribution in [0.2, 0.25) is 0 Å². The van der Waals surface area contributed by atoms with E-state index in [4.69, 9.17) is 9.47 Å². The van der Waals surface area contributed by atoms with E-state index in [-0.39, 0.29) is 37.1 Å². The summed E-state index contributed by atoms with van der Waals surface area (Å²) in [6, 6.07) is 7.77. The van der Waals surface area contributed by atoms with Crippen LogP contribution >= 0.6 is 24.0 Å². The van der Waals surface area contributed by atoms with Gasteiger partial charge in [0.15, 0.2) is 5.96 Å². The summed E-state index contributed by atoms with van der Waals surface area (Å²) in [5.41, 5.74) is 1.13. The molecule has 7 heteroatoms. The van der Waals surface area contributed by atoms with Crippen molar-refractivity contribution in [3.63, 3.8) is 0 Å². The number of aliphatic imine (C=N–C) groups is 1. The van der Waals surface area contributed by atoms with E-state index in [1.54, 1.807) is 0 Å². The first-order valence-corrected chi connectivity index (χ1v) is 9.48. The summed E-state index contributed by atoms with van der Waals surface area (Å²) in [6.07, 6.45) is 0.412. The van der Waals surface area contributed by atoms with Crippen LogP contribution < -0.4 is 15.4 Å². The van der Waals surface area contributed by atoms with Gasteiger partial charge in [-0.2, -0.15) is 0 Å². The van der Waals surface area contributed by atoms with E-state index in [0.29, 0.717) is 25.0 Å². The number of nitrogens with zero attached hydrogens (tertiary/aromatic N) is 1. The third-order valence-electron chi connectivity index (χ3n) is 3.61. The summed E-state index contributed by atoms with van der Waals surface area (Å²) < 4.78 is 11.2. The number of halogens is 1. The number of benzene rings is 1. The van der Waals surface area contributed by atoms with Gasteiger partial charge in [-0.3, -0.25) is 4.99 Å². The number of aliphatic hydroxyl groups is 1. The maximum absolute atomic E-state index is 10.1. The first kappa shape index (κ1) is 25.9. The molecule has 27 heavy (non-hydrogen) atoms. The van der Waals surface area contributed by atoms with Crippen LogP contribution in [0.5, 0.6) is 5.75 Å². The molecule has 0 saturated heterocycles. The highest BCUT2D eigenvalue weighted by atomic mass is 127. The molecular weight excluding hydrogens is 457 g/mol. The Balaban J connectivity index is 0.00000676. The second-order valence-electron chi connectivity index (χ2n) is 6.72. The van der Waals surface area contributed by atoms with Crippen molar-refractivity contribution in [1.82, 2.24) is 10.6 Å². The van der Waals surface area contributed by atoms with Gasteiger partial charge < -0.3 is 25.2 Å². The zero-order valence-electron chi connectivity index (χ0n) is 17.0. The Bertz CT molecular complexity index is 527. The van der Waals surface area contributed by atoms with Gasteiger partial charge in [-0.05, 0) is 43.9 Å². The molecule has 0 fully saturated rings. The highest BCUT2D eigenvalue weighted by Crippen LogP contribution is 2.12. The van der Waals surface area contributed by atoms with E-state index in [1.807, 2.05) is 38.1 Å². The first-order valence-electron chi connectivity index (χ1n) is 9.48. The molecule has 1 aromatic carbocycles. The largest absolute Gasteiger partial charge is 0.491 e. The number of guanidine groups is 1. The molecule has 0 aromatic heterocycles. The summed E-state index contributed by atoms with van der Waals surface area (Å²) in [5, 5.41) is 16.4. The number of ether oxygens (including phenoxy) is 2. The molecule has 1 rings (SSSR count). The predicted octanol–water partition coefficient (Wildman–Crippen LogP) is 2.97. The number of hydrogen-bond acceptors (Lipinski definition) is 4. The molecule has 0 spiro atoms. The van der Waals surface area contributed by atoms with Gasteiger partial charge in [-0.1, -0.05) is 26.0 Å². The Hall–Kier alpha value is -1.06. The molecule has 6 nitrogen and oxygen atoms in total. The third kappa shape index (κ3) is 13.7. The number of aryl methyl sites for hydroxylation is 1. The molecule has 1 aromatic rings. The monoisotopic (exact) mass is 493 g/mol. The lowest BCUT2D eigenvalue weighted by Gasteiger charge is -2.14. The second kappa shape index (κ2) is 15.9. The molecule has 1 atom stereocenters. The minimum absolute atomic E-state index is 0. The predicted molar refractivity (Wildman–Crippen MR) is 122 cm³/mol. The Morgan fingerprint density at radius 1 is 1.22 bits per heavy atom. The molecular formula is C20H36IN3O3. The van der Waals surface area contributed by atoms with Crippen molar-refractivity contribution in [3.05, 3.63) is 29.8 Å². The number of rotatable bonds is 12. The van der Waals surface area contributed by atoms with Crippen molar-refractivity contribution >= 4 is 29.9 Å². The standard InChI is InChI=1S/C20H35N3O3.HI/c1-5-21-20(22-10-12-25-11-9-16(2)3)23-14-18(24)15-26-19-8-6-7-17(4)13-19;/h6-8,13,16,18,24H,5,9-12,14-15H2,1-4H3,(H2,21,22,23);1H. The third-order valence-corrected chi connectivity index (χ3v) is 3.61. The minimum atomic E-state index is -0.659. The topological polar surface area (TPSA) is 75.1 Å². The molecule has 0 aliphatic rings. The lowest BCUT2D eigenvalue weighted by Crippen LogP contribution is -2.39. The van der Waals surface area contributed by atoms with Crippen molar-refractivity contribution in [2.75, 3.05) is 39.5 Å². The van der Waals surface area contributed by atoms with Gasteiger partial charge in [0, 0.05) is 19.7 Å². The van der Waals surface area contributed by atoms with E-state index in [9.17, 15) is 5.11 Å². The van der Waals surface area contributed by atoms with Crippen molar-refractivity contribution in [2.24, 2.45) is 10.9 Å². The Kier molecular flexibility index (Phi) is 15.3. The van der Waals surface area contributed by atoms with Gasteiger partial charge in [0.25, 0.3) is 0 Å². The molecule has 3 N–H and O–H groups in total. The van der Waals surface area contributed by atoms with Gasteiger partial charge in [-0.15, -0.1) is 24.0 Å². The van der Waals surface area contributed by atoms with E-state index in [0.717, 1.165) is 30.9 Å². The first-order chi connectivity index (χ1) is 12.5. The number of nitrogens with one attached hydrogen (secondary N) is 2. The van der Waals surface area contributed by atoms with E-state index in [2.05, 4.69) is 29.5 Å². The maximum Gasteiger partial charge on any atom is 0.191 e. The Labute approximate surface area is 181 Å². The summed E-state index contributed by atoms with van der Waals surface area (Å²) in [6.45, 7) is 11.7. The van der Waals surface area contributed by atoms with Crippen molar-refractivity contribution < 1.29 is 14.6 Å². The number of aliphatic hydroxyl groups excluding tert-OH is 1. The lowest BCUT2D eigenvalue weighted by atomic mass is 10.1. The zero-order valence-corrected chi connectivity index (χ0v) is 19.4. The van der Waals surface area contributed by atoms with Crippen molar-refractivity contribution in [1.29, 1.82) is 0 Å². The van der Waals surface area contributed by atoms with Crippen LogP contribution in [0.15, 0.2) is 29.3 Å². The molecule has 1 unspecified atom stereocenters. The Morgan fingerprint density at radius 2 is 2.00 bits per heavy atom. The van der Waals surface area contributed by atoms with Crippen LogP contribution in [-0.4, -0.2) is 56.6 Å². The normalized spacial score (nSPS) is 12.4. The van der Waals surface area contributed by atoms with Crippen molar-refractivity contribution in [3.8, 4) is 5.75 Å². The van der Waals surface area contributed by atoms with Gasteiger partial charge in [0.2, 0.25) is 0 Å². The molecule has 0 amide bonds. The van der Waals surface area contributed by atoms with Crippen LogP contribution in [-0.2, 0) is 4.74 Å².